The molecule has 1 rings (SSSR count). The summed E-state index contributed by atoms with van der Waals surface area (Å²) >= 11 is 0. The first-order chi connectivity index (χ1) is 5.25. The molecule has 0 amide bonds. The number of aryl methyl sites for hydroxylation is 1. The molecule has 0 aliphatic heterocycles. The second-order valence-electron chi connectivity index (χ2n) is 2.14. The molecule has 0 fully saturated rings. The van der Waals surface area contributed by atoms with E-state index in [0.717, 1.165) is 11.3 Å². The highest BCUT2D eigenvalue weighted by Gasteiger charge is 2.01. The third-order valence-corrected chi connectivity index (χ3v) is 1.37. The fourth-order valence-corrected chi connectivity index (χ4v) is 0.803. The molecule has 1 aromatic rings. The molecule has 0 saturated carbocycles. The van der Waals surface area contributed by atoms with Gasteiger partial charge in [-0.1, -0.05) is 0 Å². The summed E-state index contributed by atoms with van der Waals surface area (Å²) in [7, 11) is 0. The number of allylic oxidation sites excluding steroid dienone is 1. The molecule has 4 nitrogen and oxygen atoms in total. The van der Waals surface area contributed by atoms with Crippen LogP contribution in [0.15, 0.2) is 6.08 Å². The summed E-state index contributed by atoms with van der Waals surface area (Å²) in [4.78, 5) is 9.96. The number of hydrogen-bond donors (Lipinski definition) is 2. The maximum absolute atomic E-state index is 9.96. The van der Waals surface area contributed by atoms with Crippen LogP contribution in [0.2, 0.25) is 0 Å². The lowest BCUT2D eigenvalue weighted by atomic mass is 10.2. The fraction of sp³-hybridized carbons (Fsp3) is 0.143. The van der Waals surface area contributed by atoms with E-state index in [1.165, 1.54) is 6.08 Å². The van der Waals surface area contributed by atoms with Crippen LogP contribution in [0.3, 0.4) is 0 Å². The van der Waals surface area contributed by atoms with Crippen molar-refractivity contribution in [1.29, 1.82) is 0 Å². The number of aromatic amines is 1. The number of aldehydes is 1. The summed E-state index contributed by atoms with van der Waals surface area (Å²) < 4.78 is 0. The van der Waals surface area contributed by atoms with Gasteiger partial charge in [-0.3, -0.25) is 9.89 Å². The van der Waals surface area contributed by atoms with Crippen molar-refractivity contribution in [3.63, 3.8) is 0 Å². The number of rotatable bonds is 2. The van der Waals surface area contributed by atoms with Crippen molar-refractivity contribution < 1.29 is 4.79 Å². The Morgan fingerprint density at radius 1 is 1.64 bits per heavy atom. The number of anilines is 1. The zero-order valence-corrected chi connectivity index (χ0v) is 6.16. The van der Waals surface area contributed by atoms with Gasteiger partial charge in [-0.25, -0.2) is 0 Å². The monoisotopic (exact) mass is 151 g/mol. The average Bonchev–Trinajstić information content (AvgIpc) is 2.29. The standard InChI is InChI=1S/C7H9N3O/c1-5-6(3-2-4-11)7(8)10-9-5/h2-4H,1H3,(H3,8,9,10). The summed E-state index contributed by atoms with van der Waals surface area (Å²) in [5, 5.41) is 6.46. The number of nitrogens with zero attached hydrogens (tertiary/aromatic N) is 1. The topological polar surface area (TPSA) is 71.8 Å². The molecule has 3 N–H and O–H groups in total. The fourth-order valence-electron chi connectivity index (χ4n) is 0.803. The highest BCUT2D eigenvalue weighted by molar-refractivity contribution is 5.77. The molecule has 0 radical (unpaired) electrons. The summed E-state index contributed by atoms with van der Waals surface area (Å²) in [6, 6.07) is 0. The van der Waals surface area contributed by atoms with Gasteiger partial charge in [-0.15, -0.1) is 0 Å². The molecule has 1 heterocycles. The lowest BCUT2D eigenvalue weighted by Crippen LogP contribution is -1.86. The molecule has 0 saturated heterocycles. The molecule has 0 aromatic carbocycles. The van der Waals surface area contributed by atoms with Crippen molar-refractivity contribution in [2.24, 2.45) is 0 Å². The van der Waals surface area contributed by atoms with E-state index in [1.807, 2.05) is 6.92 Å². The van der Waals surface area contributed by atoms with Crippen LogP contribution in [0.5, 0.6) is 0 Å². The van der Waals surface area contributed by atoms with Gasteiger partial charge in [0.15, 0.2) is 5.82 Å². The van der Waals surface area contributed by atoms with Crippen LogP contribution in [0.1, 0.15) is 11.3 Å². The largest absolute Gasteiger partial charge is 0.382 e. The van der Waals surface area contributed by atoms with E-state index in [0.29, 0.717) is 12.1 Å². The van der Waals surface area contributed by atoms with Crippen molar-refractivity contribution in [3.8, 4) is 0 Å². The average molecular weight is 151 g/mol. The lowest BCUT2D eigenvalue weighted by Gasteiger charge is -1.87. The normalized spacial score (nSPS) is 10.6. The van der Waals surface area contributed by atoms with Gasteiger partial charge < -0.3 is 5.73 Å². The Hall–Kier alpha value is -1.58. The molecule has 0 bridgehead atoms. The van der Waals surface area contributed by atoms with Gasteiger partial charge in [0.05, 0.1) is 0 Å². The van der Waals surface area contributed by atoms with E-state index in [9.17, 15) is 4.79 Å². The molecule has 58 valence electrons. The molecule has 4 heteroatoms. The summed E-state index contributed by atoms with van der Waals surface area (Å²) in [5.74, 6) is 0.417. The maximum atomic E-state index is 9.96. The Bertz CT molecular complexity index is 268. The van der Waals surface area contributed by atoms with Gasteiger partial charge in [0.25, 0.3) is 0 Å². The van der Waals surface area contributed by atoms with Crippen molar-refractivity contribution in [2.45, 2.75) is 6.92 Å². The number of aromatic nitrogens is 2. The van der Waals surface area contributed by atoms with Crippen molar-refractivity contribution in [2.75, 3.05) is 5.73 Å². The van der Waals surface area contributed by atoms with E-state index >= 15 is 0 Å². The number of carbonyl (C=O) groups excluding carboxylic acids is 1. The summed E-state index contributed by atoms with van der Waals surface area (Å²) in [5.41, 5.74) is 7.11. The number of nitrogens with two attached hydrogens (primary N) is 1. The highest BCUT2D eigenvalue weighted by atomic mass is 16.1. The minimum Gasteiger partial charge on any atom is -0.382 e. The Kier molecular flexibility index (Phi) is 2.06. The summed E-state index contributed by atoms with van der Waals surface area (Å²) in [6.07, 6.45) is 3.71. The van der Waals surface area contributed by atoms with E-state index in [4.69, 9.17) is 5.73 Å². The van der Waals surface area contributed by atoms with Gasteiger partial charge in [0.1, 0.15) is 6.29 Å². The second-order valence-corrected chi connectivity index (χ2v) is 2.14. The van der Waals surface area contributed by atoms with Gasteiger partial charge >= 0.3 is 0 Å². The van der Waals surface area contributed by atoms with Gasteiger partial charge in [0, 0.05) is 11.3 Å². The number of H-pyrrole nitrogens is 1. The smallest absolute Gasteiger partial charge is 0.152 e. The Labute approximate surface area is 64.1 Å². The van der Waals surface area contributed by atoms with Gasteiger partial charge in [-0.05, 0) is 19.1 Å². The quantitative estimate of drug-likeness (QED) is 0.478. The Morgan fingerprint density at radius 3 is 2.82 bits per heavy atom. The lowest BCUT2D eigenvalue weighted by molar-refractivity contribution is -0.104. The van der Waals surface area contributed by atoms with Crippen LogP contribution in [0, 0.1) is 6.92 Å². The van der Waals surface area contributed by atoms with Crippen LogP contribution in [0.4, 0.5) is 5.82 Å². The number of hydrogen-bond acceptors (Lipinski definition) is 3. The van der Waals surface area contributed by atoms with Gasteiger partial charge in [0.2, 0.25) is 0 Å². The van der Waals surface area contributed by atoms with E-state index in [2.05, 4.69) is 10.2 Å². The minimum absolute atomic E-state index is 0.417. The number of nitrogen functional groups attached to an aromatic ring is 1. The van der Waals surface area contributed by atoms with Crippen LogP contribution in [-0.4, -0.2) is 16.5 Å². The molecule has 11 heavy (non-hydrogen) atoms. The third kappa shape index (κ3) is 1.46. The Balaban J connectivity index is 3.00. The minimum atomic E-state index is 0.417. The van der Waals surface area contributed by atoms with E-state index in [1.54, 1.807) is 6.08 Å². The molecular weight excluding hydrogens is 142 g/mol. The first-order valence-electron chi connectivity index (χ1n) is 3.18. The molecule has 1 aromatic heterocycles. The SMILES string of the molecule is Cc1[nH]nc(N)c1C=CC=O. The zero-order chi connectivity index (χ0) is 8.27. The molecular formula is C7H9N3O. The summed E-state index contributed by atoms with van der Waals surface area (Å²) in [6.45, 7) is 1.84. The maximum Gasteiger partial charge on any atom is 0.152 e. The second kappa shape index (κ2) is 3.01. The van der Waals surface area contributed by atoms with Gasteiger partial charge in [-0.2, -0.15) is 5.10 Å². The van der Waals surface area contributed by atoms with E-state index in [-0.39, 0.29) is 0 Å². The number of carbonyl (C=O) groups is 1. The van der Waals surface area contributed by atoms with Crippen molar-refractivity contribution in [3.05, 3.63) is 17.3 Å². The highest BCUT2D eigenvalue weighted by Crippen LogP contribution is 2.13. The zero-order valence-electron chi connectivity index (χ0n) is 6.16. The van der Waals surface area contributed by atoms with Crippen LogP contribution >= 0.6 is 0 Å². The molecule has 0 aliphatic rings. The first kappa shape index (κ1) is 7.53. The van der Waals surface area contributed by atoms with E-state index < -0.39 is 0 Å². The predicted octanol–water partition coefficient (Wildman–Crippen LogP) is 0.512. The molecule has 0 unspecified atom stereocenters. The Morgan fingerprint density at radius 2 is 2.36 bits per heavy atom. The van der Waals surface area contributed by atoms with Crippen LogP contribution in [-0.2, 0) is 4.79 Å². The molecule has 0 spiro atoms. The molecule has 0 aliphatic carbocycles. The molecule has 0 atom stereocenters. The van der Waals surface area contributed by atoms with Crippen molar-refractivity contribution in [1.82, 2.24) is 10.2 Å². The van der Waals surface area contributed by atoms with Crippen LogP contribution < -0.4 is 5.73 Å². The van der Waals surface area contributed by atoms with Crippen LogP contribution in [0.25, 0.3) is 6.08 Å². The number of nitrogens with one attached hydrogen (secondary N) is 1. The van der Waals surface area contributed by atoms with Crippen molar-refractivity contribution >= 4 is 18.2 Å². The predicted molar refractivity (Wildman–Crippen MR) is 42.8 cm³/mol. The third-order valence-electron chi connectivity index (χ3n) is 1.37. The first-order valence-corrected chi connectivity index (χ1v) is 3.18.